The maximum Gasteiger partial charge on any atom is 0.340 e. The summed E-state index contributed by atoms with van der Waals surface area (Å²) < 4.78 is 51.2. The molecule has 0 unspecified atom stereocenters. The molecule has 16 heavy (non-hydrogen) atoms. The van der Waals surface area contributed by atoms with Crippen molar-refractivity contribution in [2.75, 3.05) is 7.11 Å². The summed E-state index contributed by atoms with van der Waals surface area (Å²) in [5.74, 6) is -2.22. The lowest BCUT2D eigenvalue weighted by Gasteiger charge is -2.04. The minimum atomic E-state index is -5.12. The summed E-state index contributed by atoms with van der Waals surface area (Å²) >= 11 is 5.32. The molecule has 1 aromatic carbocycles. The van der Waals surface area contributed by atoms with Crippen LogP contribution in [0.5, 0.6) is 0 Å². The van der Waals surface area contributed by atoms with Gasteiger partial charge in [0.15, 0.2) is 0 Å². The van der Waals surface area contributed by atoms with E-state index in [-0.39, 0.29) is 0 Å². The minimum Gasteiger partial charge on any atom is -0.465 e. The Bertz CT molecular complexity index is 541. The van der Waals surface area contributed by atoms with Gasteiger partial charge in [0, 0.05) is 0 Å². The zero-order chi connectivity index (χ0) is 12.5. The lowest BCUT2D eigenvalue weighted by atomic mass is 10.2. The van der Waals surface area contributed by atoms with Crippen molar-refractivity contribution in [2.45, 2.75) is 4.90 Å². The van der Waals surface area contributed by atoms with Crippen molar-refractivity contribution in [3.05, 3.63) is 28.5 Å². The first-order valence-corrected chi connectivity index (χ1v) is 5.55. The van der Waals surface area contributed by atoms with Gasteiger partial charge in [-0.25, -0.2) is 9.18 Å². The number of halogens is 3. The number of hydrogen-bond donors (Lipinski definition) is 0. The van der Waals surface area contributed by atoms with Crippen molar-refractivity contribution in [2.24, 2.45) is 0 Å². The quantitative estimate of drug-likeness (QED) is 0.608. The highest BCUT2D eigenvalue weighted by molar-refractivity contribution is 7.86. The Labute approximate surface area is 95.0 Å². The van der Waals surface area contributed by atoms with E-state index in [0.717, 1.165) is 7.11 Å². The summed E-state index contributed by atoms with van der Waals surface area (Å²) in [6, 6.07) is 1.01. The van der Waals surface area contributed by atoms with Gasteiger partial charge in [0.05, 0.1) is 17.7 Å². The third-order valence-electron chi connectivity index (χ3n) is 1.69. The number of carbonyl (C=O) groups is 1. The molecule has 0 aliphatic rings. The predicted molar refractivity (Wildman–Crippen MR) is 51.0 cm³/mol. The highest BCUT2D eigenvalue weighted by Crippen LogP contribution is 2.26. The smallest absolute Gasteiger partial charge is 0.340 e. The topological polar surface area (TPSA) is 60.4 Å². The standard InChI is InChI=1S/C8H5ClF2O4S/c1-15-8(12)4-2-7(16(11,13)14)5(9)3-6(4)10/h2-3H,1H3. The highest BCUT2D eigenvalue weighted by atomic mass is 35.5. The number of ether oxygens (including phenoxy) is 1. The largest absolute Gasteiger partial charge is 0.465 e. The van der Waals surface area contributed by atoms with E-state index in [0.29, 0.717) is 12.1 Å². The first-order chi connectivity index (χ1) is 7.27. The van der Waals surface area contributed by atoms with Crippen LogP contribution in [0.4, 0.5) is 8.28 Å². The fourth-order valence-corrected chi connectivity index (χ4v) is 1.96. The Morgan fingerprint density at radius 3 is 2.44 bits per heavy atom. The lowest BCUT2D eigenvalue weighted by molar-refractivity contribution is 0.0595. The third-order valence-corrected chi connectivity index (χ3v) is 2.98. The fourth-order valence-electron chi connectivity index (χ4n) is 0.982. The SMILES string of the molecule is COC(=O)c1cc(S(=O)(=O)F)c(Cl)cc1F. The molecule has 0 saturated carbocycles. The maximum absolute atomic E-state index is 13.2. The highest BCUT2D eigenvalue weighted by Gasteiger charge is 2.22. The molecule has 0 heterocycles. The van der Waals surface area contributed by atoms with Crippen molar-refractivity contribution in [1.29, 1.82) is 0 Å². The van der Waals surface area contributed by atoms with Crippen LogP contribution in [-0.2, 0) is 15.0 Å². The number of esters is 1. The average molecular weight is 271 g/mol. The second kappa shape index (κ2) is 4.34. The molecule has 1 aromatic rings. The van der Waals surface area contributed by atoms with Gasteiger partial charge in [-0.15, -0.1) is 3.89 Å². The molecule has 0 radical (unpaired) electrons. The molecule has 8 heteroatoms. The third kappa shape index (κ3) is 2.48. The number of benzene rings is 1. The van der Waals surface area contributed by atoms with Crippen LogP contribution in [0.25, 0.3) is 0 Å². The normalized spacial score (nSPS) is 11.2. The van der Waals surface area contributed by atoms with Crippen LogP contribution in [0.15, 0.2) is 17.0 Å². The average Bonchev–Trinajstić information content (AvgIpc) is 2.14. The van der Waals surface area contributed by atoms with Crippen LogP contribution >= 0.6 is 11.6 Å². The van der Waals surface area contributed by atoms with Crippen LogP contribution in [0.3, 0.4) is 0 Å². The predicted octanol–water partition coefficient (Wildman–Crippen LogP) is 1.92. The number of rotatable bonds is 2. The second-order valence-corrected chi connectivity index (χ2v) is 4.41. The lowest BCUT2D eigenvalue weighted by Crippen LogP contribution is -2.07. The van der Waals surface area contributed by atoms with Gasteiger partial charge in [-0.1, -0.05) is 11.6 Å². The molecule has 0 atom stereocenters. The first-order valence-electron chi connectivity index (χ1n) is 3.79. The van der Waals surface area contributed by atoms with Crippen molar-refractivity contribution >= 4 is 27.8 Å². The number of methoxy groups -OCH3 is 1. The molecule has 0 aliphatic heterocycles. The van der Waals surface area contributed by atoms with Gasteiger partial charge in [0.25, 0.3) is 0 Å². The van der Waals surface area contributed by atoms with E-state index in [9.17, 15) is 21.5 Å². The van der Waals surface area contributed by atoms with E-state index in [4.69, 9.17) is 11.6 Å². The molecule has 1 rings (SSSR count). The Balaban J connectivity index is 3.51. The summed E-state index contributed by atoms with van der Waals surface area (Å²) in [7, 11) is -4.15. The number of hydrogen-bond acceptors (Lipinski definition) is 4. The van der Waals surface area contributed by atoms with Crippen molar-refractivity contribution in [3.63, 3.8) is 0 Å². The fraction of sp³-hybridized carbons (Fsp3) is 0.125. The molecule has 0 fully saturated rings. The number of carbonyl (C=O) groups excluding carboxylic acids is 1. The monoisotopic (exact) mass is 270 g/mol. The molecule has 0 spiro atoms. The molecule has 0 amide bonds. The summed E-state index contributed by atoms with van der Waals surface area (Å²) in [4.78, 5) is 10.0. The van der Waals surface area contributed by atoms with Gasteiger partial charge >= 0.3 is 16.2 Å². The van der Waals surface area contributed by atoms with E-state index < -0.39 is 37.5 Å². The van der Waals surface area contributed by atoms with E-state index in [1.54, 1.807) is 0 Å². The Morgan fingerprint density at radius 2 is 2.00 bits per heavy atom. The Hall–Kier alpha value is -1.21. The minimum absolute atomic E-state index is 0.485. The van der Waals surface area contributed by atoms with E-state index in [1.165, 1.54) is 0 Å². The van der Waals surface area contributed by atoms with Gasteiger partial charge < -0.3 is 4.74 Å². The molecule has 0 saturated heterocycles. The van der Waals surface area contributed by atoms with Crippen molar-refractivity contribution in [1.82, 2.24) is 0 Å². The zero-order valence-corrected chi connectivity index (χ0v) is 9.40. The van der Waals surface area contributed by atoms with E-state index >= 15 is 0 Å². The van der Waals surface area contributed by atoms with Crippen LogP contribution in [0.2, 0.25) is 5.02 Å². The summed E-state index contributed by atoms with van der Waals surface area (Å²) in [6.45, 7) is 0. The van der Waals surface area contributed by atoms with E-state index in [2.05, 4.69) is 4.74 Å². The van der Waals surface area contributed by atoms with Gasteiger partial charge in [-0.05, 0) is 12.1 Å². The van der Waals surface area contributed by atoms with Gasteiger partial charge in [-0.2, -0.15) is 8.42 Å². The molecule has 0 N–H and O–H groups in total. The van der Waals surface area contributed by atoms with Crippen LogP contribution in [0, 0.1) is 5.82 Å². The molecular weight excluding hydrogens is 266 g/mol. The van der Waals surface area contributed by atoms with Gasteiger partial charge in [-0.3, -0.25) is 0 Å². The van der Waals surface area contributed by atoms with E-state index in [1.807, 2.05) is 0 Å². The van der Waals surface area contributed by atoms with Crippen molar-refractivity contribution < 1.29 is 26.2 Å². The Kier molecular flexibility index (Phi) is 3.49. The summed E-state index contributed by atoms with van der Waals surface area (Å²) in [5, 5.41) is -0.646. The molecule has 0 aromatic heterocycles. The van der Waals surface area contributed by atoms with Crippen molar-refractivity contribution in [3.8, 4) is 0 Å². The van der Waals surface area contributed by atoms with Gasteiger partial charge in [0.2, 0.25) is 0 Å². The van der Waals surface area contributed by atoms with Crippen LogP contribution in [0.1, 0.15) is 10.4 Å². The molecule has 88 valence electrons. The summed E-state index contributed by atoms with van der Waals surface area (Å²) in [5.41, 5.74) is -0.705. The van der Waals surface area contributed by atoms with Gasteiger partial charge in [0.1, 0.15) is 10.7 Å². The zero-order valence-electron chi connectivity index (χ0n) is 7.83. The molecule has 4 nitrogen and oxygen atoms in total. The second-order valence-electron chi connectivity index (χ2n) is 2.69. The first kappa shape index (κ1) is 12.9. The summed E-state index contributed by atoms with van der Waals surface area (Å²) in [6.07, 6.45) is 0. The molecular formula is C8H5ClF2O4S. The molecule has 0 bridgehead atoms. The molecule has 0 aliphatic carbocycles. The maximum atomic E-state index is 13.2. The van der Waals surface area contributed by atoms with Crippen LogP contribution < -0.4 is 0 Å². The van der Waals surface area contributed by atoms with Crippen LogP contribution in [-0.4, -0.2) is 21.5 Å². The Morgan fingerprint density at radius 1 is 1.44 bits per heavy atom.